The van der Waals surface area contributed by atoms with Gasteiger partial charge in [-0.3, -0.25) is 0 Å². The molecule has 0 spiro atoms. The van der Waals surface area contributed by atoms with Gasteiger partial charge in [0.15, 0.2) is 0 Å². The van der Waals surface area contributed by atoms with Gasteiger partial charge in [0.1, 0.15) is 0 Å². The molecule has 4 rings (SSSR count). The van der Waals surface area contributed by atoms with Crippen LogP contribution < -0.4 is 24.8 Å². The summed E-state index contributed by atoms with van der Waals surface area (Å²) in [5, 5.41) is 0. The first-order valence-corrected chi connectivity index (χ1v) is 11.5. The van der Waals surface area contributed by atoms with Crippen LogP contribution in [0.15, 0.2) is 60.7 Å². The second-order valence-corrected chi connectivity index (χ2v) is 11.7. The zero-order valence-corrected chi connectivity index (χ0v) is 17.0. The molecule has 0 heterocycles. The Kier molecular flexibility index (Phi) is 5.81. The molecule has 0 aromatic heterocycles. The average Bonchev–Trinajstić information content (AvgIpc) is 3.05. The molecule has 0 fully saturated rings. The van der Waals surface area contributed by atoms with Gasteiger partial charge in [0.25, 0.3) is 0 Å². The minimum atomic E-state index is -0.940. The van der Waals surface area contributed by atoms with Crippen LogP contribution in [0.4, 0.5) is 0 Å². The summed E-state index contributed by atoms with van der Waals surface area (Å²) in [6.45, 7) is 0. The van der Waals surface area contributed by atoms with Gasteiger partial charge in [-0.05, 0) is 0 Å². The Bertz CT molecular complexity index is 632. The summed E-state index contributed by atoms with van der Waals surface area (Å²) >= 11 is -0.940. The minimum absolute atomic E-state index is 0. The van der Waals surface area contributed by atoms with Crippen molar-refractivity contribution < 1.29 is 52.5 Å². The van der Waals surface area contributed by atoms with Gasteiger partial charge < -0.3 is 24.8 Å². The van der Waals surface area contributed by atoms with Crippen LogP contribution in [-0.4, -0.2) is 0 Å². The molecule has 2 unspecified atom stereocenters. The first-order chi connectivity index (χ1) is 9.42. The van der Waals surface area contributed by atoms with Crippen molar-refractivity contribution in [1.82, 2.24) is 0 Å². The Morgan fingerprint density at radius 3 is 1.52 bits per heavy atom. The largest absolute Gasteiger partial charge is 1.00 e. The topological polar surface area (TPSA) is 0 Å². The Balaban J connectivity index is 0.000000807. The summed E-state index contributed by atoms with van der Waals surface area (Å²) in [7, 11) is 0. The van der Waals surface area contributed by atoms with E-state index in [-0.39, 0.29) is 24.8 Å². The third-order valence-electron chi connectivity index (χ3n) is 3.96. The fourth-order valence-corrected chi connectivity index (χ4v) is 10.0. The van der Waals surface area contributed by atoms with Crippen LogP contribution in [0, 0.1) is 27.7 Å². The van der Waals surface area contributed by atoms with E-state index in [9.17, 15) is 0 Å². The molecule has 2 aromatic carbocycles. The zero-order chi connectivity index (χ0) is 12.7. The minimum Gasteiger partial charge on any atom is -1.00 e. The SMILES string of the molecule is C1=C[CH]([U+2][CH]2C=Cc3ccccc32)c2ccccc21.[Cl-].[Cl-]. The first kappa shape index (κ1) is 16.9. The summed E-state index contributed by atoms with van der Waals surface area (Å²) in [5.41, 5.74) is 6.05. The molecule has 3 heteroatoms. The molecule has 2 aromatic rings. The smallest absolute Gasteiger partial charge is 1.00 e. The van der Waals surface area contributed by atoms with Gasteiger partial charge >= 0.3 is 129 Å². The summed E-state index contributed by atoms with van der Waals surface area (Å²) < 4.78 is 1.55. The molecular weight excluding hydrogens is 525 g/mol. The van der Waals surface area contributed by atoms with Crippen LogP contribution in [0.3, 0.4) is 0 Å². The van der Waals surface area contributed by atoms with Gasteiger partial charge in [0.05, 0.1) is 0 Å². The van der Waals surface area contributed by atoms with Gasteiger partial charge in [0.2, 0.25) is 0 Å². The summed E-state index contributed by atoms with van der Waals surface area (Å²) in [6, 6.07) is 17.8. The number of fused-ring (bicyclic) bond motifs is 2. The summed E-state index contributed by atoms with van der Waals surface area (Å²) in [6.07, 6.45) is 9.55. The normalized spacial score (nSPS) is 20.0. The standard InChI is InChI=1S/2C9H7.2ClH.U/c2*1-2-5-9-7-3-6-8(9)4-1;;;/h2*1-7H;2*1H;/q;;;;+2/p-2. The molecule has 2 aliphatic rings. The quantitative estimate of drug-likeness (QED) is 0.442. The zero-order valence-electron chi connectivity index (χ0n) is 11.3. The third-order valence-corrected chi connectivity index (χ3v) is 11.1. The Morgan fingerprint density at radius 1 is 0.619 bits per heavy atom. The predicted octanol–water partition coefficient (Wildman–Crippen LogP) is -1.38. The number of allylic oxidation sites excluding steroid dienone is 2. The molecule has 2 atom stereocenters. The van der Waals surface area contributed by atoms with E-state index >= 15 is 0 Å². The number of rotatable bonds is 2. The molecule has 0 saturated carbocycles. The summed E-state index contributed by atoms with van der Waals surface area (Å²) in [5.74, 6) is 0. The van der Waals surface area contributed by atoms with Crippen LogP contribution in [0.2, 0.25) is 0 Å². The van der Waals surface area contributed by atoms with Crippen LogP contribution in [0.5, 0.6) is 0 Å². The monoisotopic (exact) mass is 538 g/mol. The second kappa shape index (κ2) is 7.21. The summed E-state index contributed by atoms with van der Waals surface area (Å²) in [4.78, 5) is 0. The first-order valence-electron chi connectivity index (χ1n) is 6.72. The number of halogens is 2. The molecule has 0 nitrogen and oxygen atoms in total. The number of hydrogen-bond acceptors (Lipinski definition) is 0. The predicted molar refractivity (Wildman–Crippen MR) is 76.4 cm³/mol. The molecule has 2 aliphatic carbocycles. The van der Waals surface area contributed by atoms with Crippen molar-refractivity contribution >= 4 is 12.2 Å². The van der Waals surface area contributed by atoms with Gasteiger partial charge in [-0.1, -0.05) is 0 Å². The van der Waals surface area contributed by atoms with E-state index in [0.717, 1.165) is 5.90 Å². The molecule has 0 radical (unpaired) electrons. The Labute approximate surface area is 152 Å². The average molecular weight is 539 g/mol. The van der Waals surface area contributed by atoms with E-state index < -0.39 is 27.7 Å². The van der Waals surface area contributed by atoms with E-state index in [1.165, 1.54) is 11.1 Å². The van der Waals surface area contributed by atoms with Crippen LogP contribution in [0.25, 0.3) is 12.2 Å². The van der Waals surface area contributed by atoms with Crippen molar-refractivity contribution in [2.45, 2.75) is 5.90 Å². The van der Waals surface area contributed by atoms with Crippen LogP contribution in [0.1, 0.15) is 28.2 Å². The molecule has 0 bridgehead atoms. The maximum absolute atomic E-state index is 2.45. The van der Waals surface area contributed by atoms with E-state index in [2.05, 4.69) is 72.8 Å². The van der Waals surface area contributed by atoms with Gasteiger partial charge in [0, 0.05) is 0 Å². The Morgan fingerprint density at radius 2 is 1.05 bits per heavy atom. The molecular formula is C18H14Cl2U. The number of hydrogen-bond donors (Lipinski definition) is 0. The van der Waals surface area contributed by atoms with Crippen molar-refractivity contribution in [1.29, 1.82) is 0 Å². The molecule has 0 saturated heterocycles. The second-order valence-electron chi connectivity index (χ2n) is 5.10. The molecule has 0 N–H and O–H groups in total. The van der Waals surface area contributed by atoms with Gasteiger partial charge in [-0.15, -0.1) is 0 Å². The van der Waals surface area contributed by atoms with Crippen molar-refractivity contribution in [2.75, 3.05) is 0 Å². The Hall–Kier alpha value is -0.448. The van der Waals surface area contributed by atoms with Gasteiger partial charge in [-0.25, -0.2) is 0 Å². The molecule has 0 amide bonds. The van der Waals surface area contributed by atoms with Crippen molar-refractivity contribution in [3.05, 3.63) is 82.9 Å². The maximum atomic E-state index is 2.45. The van der Waals surface area contributed by atoms with E-state index in [1.54, 1.807) is 11.1 Å². The fraction of sp³-hybridized carbons (Fsp3) is 0.111. The molecule has 21 heavy (non-hydrogen) atoms. The van der Waals surface area contributed by atoms with Crippen molar-refractivity contribution in [3.8, 4) is 0 Å². The van der Waals surface area contributed by atoms with Crippen LogP contribution >= 0.6 is 0 Å². The maximum Gasteiger partial charge on any atom is -1.00 e. The molecule has 0 aliphatic heterocycles. The van der Waals surface area contributed by atoms with E-state index in [0.29, 0.717) is 0 Å². The van der Waals surface area contributed by atoms with Crippen LogP contribution in [-0.2, 0) is 0 Å². The molecule has 104 valence electrons. The van der Waals surface area contributed by atoms with Crippen molar-refractivity contribution in [2.24, 2.45) is 0 Å². The third kappa shape index (κ3) is 3.18. The van der Waals surface area contributed by atoms with Gasteiger partial charge in [-0.2, -0.15) is 0 Å². The van der Waals surface area contributed by atoms with Crippen molar-refractivity contribution in [3.63, 3.8) is 0 Å². The van der Waals surface area contributed by atoms with E-state index in [1.807, 2.05) is 0 Å². The number of benzene rings is 2. The van der Waals surface area contributed by atoms with E-state index in [4.69, 9.17) is 0 Å². The fourth-order valence-electron chi connectivity index (χ4n) is 2.98.